The molecular weight excluding hydrogens is 266 g/mol. The summed E-state index contributed by atoms with van der Waals surface area (Å²) < 4.78 is 2.28. The number of rotatable bonds is 1. The maximum absolute atomic E-state index is 2.28. The lowest BCUT2D eigenvalue weighted by atomic mass is 10.0. The van der Waals surface area contributed by atoms with Crippen molar-refractivity contribution in [1.82, 2.24) is 4.57 Å². The molecule has 0 spiro atoms. The van der Waals surface area contributed by atoms with Gasteiger partial charge in [-0.25, -0.2) is 0 Å². The van der Waals surface area contributed by atoms with E-state index in [0.717, 1.165) is 6.42 Å². The Morgan fingerprint density at radius 3 is 2.41 bits per heavy atom. The molecule has 104 valence electrons. The summed E-state index contributed by atoms with van der Waals surface area (Å²) in [7, 11) is 0. The highest BCUT2D eigenvalue weighted by Gasteiger charge is 2.20. The van der Waals surface area contributed by atoms with Crippen LogP contribution in [0.1, 0.15) is 11.1 Å². The summed E-state index contributed by atoms with van der Waals surface area (Å²) in [6, 6.07) is 26.1. The fraction of sp³-hybridized carbons (Fsp3) is 0.0476. The van der Waals surface area contributed by atoms with E-state index in [1.807, 2.05) is 0 Å². The van der Waals surface area contributed by atoms with Gasteiger partial charge in [-0.2, -0.15) is 0 Å². The minimum atomic E-state index is 1.04. The molecule has 1 nitrogen and oxygen atoms in total. The molecule has 4 aromatic rings. The van der Waals surface area contributed by atoms with Gasteiger partial charge in [-0.05, 0) is 52.9 Å². The zero-order chi connectivity index (χ0) is 14.5. The lowest BCUT2D eigenvalue weighted by Crippen LogP contribution is -1.91. The Morgan fingerprint density at radius 2 is 1.50 bits per heavy atom. The van der Waals surface area contributed by atoms with Crippen LogP contribution in [-0.4, -0.2) is 4.57 Å². The standard InChI is InChI=1S/C21H15N/c1-2-7-16(8-3-1)22-13-12-19-20-14-15-6-4-5-9-17(15)18(20)10-11-21(19)22/h1-13H,14H2. The van der Waals surface area contributed by atoms with Gasteiger partial charge in [0.2, 0.25) is 0 Å². The Hall–Kier alpha value is -2.80. The predicted octanol–water partition coefficient (Wildman–Crippen LogP) is 5.20. The lowest BCUT2D eigenvalue weighted by molar-refractivity contribution is 1.13. The lowest BCUT2D eigenvalue weighted by Gasteiger charge is -2.07. The van der Waals surface area contributed by atoms with Gasteiger partial charge in [-0.15, -0.1) is 0 Å². The van der Waals surface area contributed by atoms with Crippen LogP contribution in [0.15, 0.2) is 79.0 Å². The fourth-order valence-electron chi connectivity index (χ4n) is 3.66. The second kappa shape index (κ2) is 4.35. The van der Waals surface area contributed by atoms with Crippen LogP contribution >= 0.6 is 0 Å². The molecule has 5 rings (SSSR count). The highest BCUT2D eigenvalue weighted by atomic mass is 15.0. The fourth-order valence-corrected chi connectivity index (χ4v) is 3.66. The normalized spacial score (nSPS) is 12.4. The van der Waals surface area contributed by atoms with E-state index in [1.54, 1.807) is 0 Å². The molecule has 0 saturated carbocycles. The Kier molecular flexibility index (Phi) is 2.33. The molecule has 1 aliphatic rings. The first-order valence-electron chi connectivity index (χ1n) is 7.68. The van der Waals surface area contributed by atoms with Crippen molar-refractivity contribution in [2.24, 2.45) is 0 Å². The van der Waals surface area contributed by atoms with Crippen LogP contribution in [0.3, 0.4) is 0 Å². The van der Waals surface area contributed by atoms with E-state index in [1.165, 1.54) is 38.8 Å². The molecule has 0 amide bonds. The van der Waals surface area contributed by atoms with Gasteiger partial charge in [0.05, 0.1) is 5.52 Å². The zero-order valence-electron chi connectivity index (χ0n) is 12.2. The van der Waals surface area contributed by atoms with Crippen LogP contribution in [0.25, 0.3) is 27.7 Å². The summed E-state index contributed by atoms with van der Waals surface area (Å²) in [6.07, 6.45) is 3.23. The van der Waals surface area contributed by atoms with Crippen molar-refractivity contribution in [1.29, 1.82) is 0 Å². The van der Waals surface area contributed by atoms with E-state index < -0.39 is 0 Å². The van der Waals surface area contributed by atoms with Crippen LogP contribution in [-0.2, 0) is 6.42 Å². The van der Waals surface area contributed by atoms with Gasteiger partial charge in [0.1, 0.15) is 0 Å². The van der Waals surface area contributed by atoms with Crippen molar-refractivity contribution in [3.8, 4) is 16.8 Å². The molecule has 0 bridgehead atoms. The summed E-state index contributed by atoms with van der Waals surface area (Å²) in [5.41, 5.74) is 8.21. The van der Waals surface area contributed by atoms with Crippen LogP contribution in [0, 0.1) is 0 Å². The van der Waals surface area contributed by atoms with Crippen molar-refractivity contribution in [2.75, 3.05) is 0 Å². The van der Waals surface area contributed by atoms with E-state index >= 15 is 0 Å². The minimum absolute atomic E-state index is 1.04. The molecule has 0 N–H and O–H groups in total. The van der Waals surface area contributed by atoms with Crippen LogP contribution in [0.5, 0.6) is 0 Å². The summed E-state index contributed by atoms with van der Waals surface area (Å²) in [5, 5.41) is 1.37. The van der Waals surface area contributed by atoms with Gasteiger partial charge in [0.25, 0.3) is 0 Å². The Bertz CT molecular complexity index is 993. The molecule has 1 heteroatoms. The maximum Gasteiger partial charge on any atom is 0.0531 e. The molecule has 0 atom stereocenters. The number of para-hydroxylation sites is 1. The molecule has 22 heavy (non-hydrogen) atoms. The topological polar surface area (TPSA) is 4.93 Å². The molecule has 1 heterocycles. The van der Waals surface area contributed by atoms with Gasteiger partial charge in [-0.1, -0.05) is 48.5 Å². The summed E-state index contributed by atoms with van der Waals surface area (Å²) in [6.45, 7) is 0. The smallest absolute Gasteiger partial charge is 0.0531 e. The highest BCUT2D eigenvalue weighted by molar-refractivity contribution is 5.94. The van der Waals surface area contributed by atoms with Crippen LogP contribution in [0.2, 0.25) is 0 Å². The van der Waals surface area contributed by atoms with Crippen molar-refractivity contribution in [3.63, 3.8) is 0 Å². The van der Waals surface area contributed by atoms with Crippen molar-refractivity contribution < 1.29 is 0 Å². The molecule has 0 unspecified atom stereocenters. The molecule has 1 aliphatic carbocycles. The van der Waals surface area contributed by atoms with E-state index in [4.69, 9.17) is 0 Å². The third-order valence-corrected chi connectivity index (χ3v) is 4.69. The van der Waals surface area contributed by atoms with Crippen molar-refractivity contribution in [2.45, 2.75) is 6.42 Å². The number of nitrogens with zero attached hydrogens (tertiary/aromatic N) is 1. The first-order valence-corrected chi connectivity index (χ1v) is 7.68. The molecule has 0 fully saturated rings. The largest absolute Gasteiger partial charge is 0.317 e. The Labute approximate surface area is 129 Å². The van der Waals surface area contributed by atoms with Gasteiger partial charge in [0.15, 0.2) is 0 Å². The van der Waals surface area contributed by atoms with Gasteiger partial charge < -0.3 is 4.57 Å². The molecule has 0 aliphatic heterocycles. The van der Waals surface area contributed by atoms with E-state index in [2.05, 4.69) is 83.6 Å². The Morgan fingerprint density at radius 1 is 0.682 bits per heavy atom. The summed E-state index contributed by atoms with van der Waals surface area (Å²) in [4.78, 5) is 0. The third-order valence-electron chi connectivity index (χ3n) is 4.69. The second-order valence-electron chi connectivity index (χ2n) is 5.88. The molecular formula is C21H15N. The highest BCUT2D eigenvalue weighted by Crippen LogP contribution is 2.40. The first-order chi connectivity index (χ1) is 10.9. The van der Waals surface area contributed by atoms with E-state index in [0.29, 0.717) is 0 Å². The first kappa shape index (κ1) is 11.8. The Balaban J connectivity index is 1.77. The number of hydrogen-bond acceptors (Lipinski definition) is 0. The zero-order valence-corrected chi connectivity index (χ0v) is 12.2. The average molecular weight is 281 g/mol. The van der Waals surface area contributed by atoms with Crippen molar-refractivity contribution >= 4 is 10.9 Å². The number of benzene rings is 3. The quantitative estimate of drug-likeness (QED) is 0.398. The van der Waals surface area contributed by atoms with E-state index in [-0.39, 0.29) is 0 Å². The molecule has 0 radical (unpaired) electrons. The molecule has 3 aromatic carbocycles. The minimum Gasteiger partial charge on any atom is -0.317 e. The summed E-state index contributed by atoms with van der Waals surface area (Å²) >= 11 is 0. The van der Waals surface area contributed by atoms with Crippen LogP contribution < -0.4 is 0 Å². The second-order valence-corrected chi connectivity index (χ2v) is 5.88. The monoisotopic (exact) mass is 281 g/mol. The molecule has 0 saturated heterocycles. The third kappa shape index (κ3) is 1.54. The van der Waals surface area contributed by atoms with Gasteiger partial charge >= 0.3 is 0 Å². The van der Waals surface area contributed by atoms with Crippen LogP contribution in [0.4, 0.5) is 0 Å². The number of aromatic nitrogens is 1. The average Bonchev–Trinajstić information content (AvgIpc) is 3.16. The number of fused-ring (bicyclic) bond motifs is 5. The predicted molar refractivity (Wildman–Crippen MR) is 91.5 cm³/mol. The van der Waals surface area contributed by atoms with E-state index in [9.17, 15) is 0 Å². The van der Waals surface area contributed by atoms with Crippen molar-refractivity contribution in [3.05, 3.63) is 90.1 Å². The number of hydrogen-bond donors (Lipinski definition) is 0. The molecule has 1 aromatic heterocycles. The maximum atomic E-state index is 2.28. The summed E-state index contributed by atoms with van der Waals surface area (Å²) in [5.74, 6) is 0. The van der Waals surface area contributed by atoms with Gasteiger partial charge in [-0.3, -0.25) is 0 Å². The van der Waals surface area contributed by atoms with Gasteiger partial charge in [0, 0.05) is 17.3 Å². The SMILES string of the molecule is c1ccc(-n2ccc3c4c(ccc32)-c2ccccc2C4)cc1.